The number of hydrogen-bond acceptors (Lipinski definition) is 3. The number of hydrogen-bond donors (Lipinski definition) is 3. The Labute approximate surface area is 115 Å². The number of phenolic OH excluding ortho intramolecular Hbond substituents is 1. The minimum absolute atomic E-state index is 0.146. The van der Waals surface area contributed by atoms with Gasteiger partial charge in [0.15, 0.2) is 5.75 Å². The van der Waals surface area contributed by atoms with Crippen LogP contribution in [-0.2, 0) is 0 Å². The van der Waals surface area contributed by atoms with Gasteiger partial charge in [0.25, 0.3) is 5.91 Å². The summed E-state index contributed by atoms with van der Waals surface area (Å²) >= 11 is 5.76. The maximum absolute atomic E-state index is 12.1. The van der Waals surface area contributed by atoms with E-state index in [-0.39, 0.29) is 17.0 Å². The molecule has 4 nitrogen and oxygen atoms in total. The van der Waals surface area contributed by atoms with E-state index in [2.05, 4.69) is 5.32 Å². The molecule has 0 radical (unpaired) electrons. The molecule has 5 heteroatoms. The van der Waals surface area contributed by atoms with E-state index in [0.29, 0.717) is 10.7 Å². The molecule has 0 bridgehead atoms. The molecule has 0 aliphatic rings. The van der Waals surface area contributed by atoms with Gasteiger partial charge >= 0.3 is 0 Å². The average Bonchev–Trinajstić information content (AvgIpc) is 2.36. The smallest absolute Gasteiger partial charge is 0.259 e. The molecule has 98 valence electrons. The van der Waals surface area contributed by atoms with Crippen molar-refractivity contribution in [1.29, 1.82) is 0 Å². The van der Waals surface area contributed by atoms with E-state index in [1.54, 1.807) is 43.3 Å². The molecule has 2 aromatic carbocycles. The lowest BCUT2D eigenvalue weighted by molar-refractivity contribution is 0.102. The summed E-state index contributed by atoms with van der Waals surface area (Å²) in [4.78, 5) is 12.1. The monoisotopic (exact) mass is 276 g/mol. The summed E-state index contributed by atoms with van der Waals surface area (Å²) in [5, 5.41) is 13.1. The van der Waals surface area contributed by atoms with Gasteiger partial charge < -0.3 is 16.2 Å². The van der Waals surface area contributed by atoms with E-state index in [4.69, 9.17) is 17.3 Å². The van der Waals surface area contributed by atoms with Crippen molar-refractivity contribution in [2.24, 2.45) is 0 Å². The molecule has 0 atom stereocenters. The summed E-state index contributed by atoms with van der Waals surface area (Å²) < 4.78 is 0. The number of amides is 1. The molecule has 1 amide bonds. The Morgan fingerprint density at radius 3 is 2.53 bits per heavy atom. The lowest BCUT2D eigenvalue weighted by Crippen LogP contribution is -2.13. The minimum Gasteiger partial charge on any atom is -0.505 e. The third-order valence-corrected chi connectivity index (χ3v) is 2.88. The van der Waals surface area contributed by atoms with Crippen LogP contribution in [0.2, 0.25) is 5.02 Å². The van der Waals surface area contributed by atoms with Crippen molar-refractivity contribution in [3.63, 3.8) is 0 Å². The Balaban J connectivity index is 2.27. The van der Waals surface area contributed by atoms with Crippen LogP contribution >= 0.6 is 11.6 Å². The first-order valence-corrected chi connectivity index (χ1v) is 6.01. The second kappa shape index (κ2) is 5.20. The quantitative estimate of drug-likeness (QED) is 0.582. The lowest BCUT2D eigenvalue weighted by Gasteiger charge is -2.09. The summed E-state index contributed by atoms with van der Waals surface area (Å²) in [6.45, 7) is 1.80. The predicted octanol–water partition coefficient (Wildman–Crippen LogP) is 3.19. The third kappa shape index (κ3) is 2.98. The number of rotatable bonds is 2. The minimum atomic E-state index is -0.421. The number of aryl methyl sites for hydroxylation is 1. The van der Waals surface area contributed by atoms with Gasteiger partial charge in [-0.25, -0.2) is 0 Å². The van der Waals surface area contributed by atoms with Gasteiger partial charge in [0, 0.05) is 10.7 Å². The predicted molar refractivity (Wildman–Crippen MR) is 76.7 cm³/mol. The first-order chi connectivity index (χ1) is 8.97. The fourth-order valence-corrected chi connectivity index (χ4v) is 1.84. The van der Waals surface area contributed by atoms with Gasteiger partial charge in [-0.2, -0.15) is 0 Å². The number of nitrogens with two attached hydrogens (primary N) is 1. The summed E-state index contributed by atoms with van der Waals surface area (Å²) in [6, 6.07) is 9.88. The maximum atomic E-state index is 12.1. The number of phenols is 1. The Kier molecular flexibility index (Phi) is 3.62. The molecule has 0 heterocycles. The number of halogens is 1. The fraction of sp³-hybridized carbons (Fsp3) is 0.0714. The van der Waals surface area contributed by atoms with Crippen molar-refractivity contribution >= 4 is 28.9 Å². The second-order valence-corrected chi connectivity index (χ2v) is 4.65. The number of anilines is 2. The number of carbonyl (C=O) groups excluding carboxylic acids is 1. The number of benzene rings is 2. The number of aromatic hydroxyl groups is 1. The molecule has 0 spiro atoms. The van der Waals surface area contributed by atoms with Crippen LogP contribution in [0.3, 0.4) is 0 Å². The fourth-order valence-electron chi connectivity index (χ4n) is 1.71. The van der Waals surface area contributed by atoms with Crippen molar-refractivity contribution in [2.75, 3.05) is 11.1 Å². The van der Waals surface area contributed by atoms with Gasteiger partial charge in [0.1, 0.15) is 0 Å². The van der Waals surface area contributed by atoms with E-state index in [0.717, 1.165) is 5.56 Å². The summed E-state index contributed by atoms with van der Waals surface area (Å²) in [5.74, 6) is -0.632. The van der Waals surface area contributed by atoms with E-state index < -0.39 is 5.91 Å². The van der Waals surface area contributed by atoms with Crippen LogP contribution in [0, 0.1) is 6.92 Å². The first-order valence-electron chi connectivity index (χ1n) is 5.63. The zero-order valence-electron chi connectivity index (χ0n) is 10.3. The molecule has 4 N–H and O–H groups in total. The van der Waals surface area contributed by atoms with Gasteiger partial charge in [0.05, 0.1) is 11.3 Å². The van der Waals surface area contributed by atoms with Crippen LogP contribution in [0.25, 0.3) is 0 Å². The highest BCUT2D eigenvalue weighted by atomic mass is 35.5. The van der Waals surface area contributed by atoms with Crippen molar-refractivity contribution in [3.05, 3.63) is 52.5 Å². The average molecular weight is 277 g/mol. The molecule has 0 saturated heterocycles. The van der Waals surface area contributed by atoms with Gasteiger partial charge in [0.2, 0.25) is 0 Å². The van der Waals surface area contributed by atoms with Crippen molar-refractivity contribution < 1.29 is 9.90 Å². The maximum Gasteiger partial charge on any atom is 0.259 e. The SMILES string of the molecule is Cc1cc(N)c(O)c(C(=O)Nc2ccc(Cl)cc2)c1. The van der Waals surface area contributed by atoms with Gasteiger partial charge in [-0.3, -0.25) is 4.79 Å². The van der Waals surface area contributed by atoms with E-state index in [1.165, 1.54) is 0 Å². The van der Waals surface area contributed by atoms with Crippen LogP contribution < -0.4 is 11.1 Å². The molecule has 0 unspecified atom stereocenters. The highest BCUT2D eigenvalue weighted by Crippen LogP contribution is 2.27. The molecule has 0 fully saturated rings. The summed E-state index contributed by atoms with van der Waals surface area (Å²) in [7, 11) is 0. The highest BCUT2D eigenvalue weighted by molar-refractivity contribution is 6.30. The Bertz CT molecular complexity index is 624. The number of nitrogen functional groups attached to an aromatic ring is 1. The topological polar surface area (TPSA) is 75.3 Å². The summed E-state index contributed by atoms with van der Waals surface area (Å²) in [6.07, 6.45) is 0. The molecule has 0 aromatic heterocycles. The van der Waals surface area contributed by atoms with Gasteiger partial charge in [-0.15, -0.1) is 0 Å². The Morgan fingerprint density at radius 2 is 1.89 bits per heavy atom. The van der Waals surface area contributed by atoms with Crippen LogP contribution in [0.15, 0.2) is 36.4 Å². The molecular formula is C14H13ClN2O2. The number of nitrogens with one attached hydrogen (secondary N) is 1. The van der Waals surface area contributed by atoms with Crippen LogP contribution in [0.4, 0.5) is 11.4 Å². The van der Waals surface area contributed by atoms with E-state index >= 15 is 0 Å². The van der Waals surface area contributed by atoms with Gasteiger partial charge in [-0.1, -0.05) is 11.6 Å². The Hall–Kier alpha value is -2.20. The molecule has 0 saturated carbocycles. The molecule has 19 heavy (non-hydrogen) atoms. The molecular weight excluding hydrogens is 264 g/mol. The normalized spacial score (nSPS) is 10.2. The molecule has 0 aliphatic carbocycles. The van der Waals surface area contributed by atoms with Crippen LogP contribution in [-0.4, -0.2) is 11.0 Å². The zero-order chi connectivity index (χ0) is 14.0. The van der Waals surface area contributed by atoms with E-state index in [1.807, 2.05) is 0 Å². The van der Waals surface area contributed by atoms with Crippen molar-refractivity contribution in [1.82, 2.24) is 0 Å². The van der Waals surface area contributed by atoms with Crippen LogP contribution in [0.5, 0.6) is 5.75 Å². The van der Waals surface area contributed by atoms with Crippen LogP contribution in [0.1, 0.15) is 15.9 Å². The Morgan fingerprint density at radius 1 is 1.26 bits per heavy atom. The first kappa shape index (κ1) is 13.2. The van der Waals surface area contributed by atoms with Crippen molar-refractivity contribution in [2.45, 2.75) is 6.92 Å². The van der Waals surface area contributed by atoms with Gasteiger partial charge in [-0.05, 0) is 48.9 Å². The van der Waals surface area contributed by atoms with E-state index in [9.17, 15) is 9.90 Å². The summed E-state index contributed by atoms with van der Waals surface area (Å²) in [5.41, 5.74) is 7.35. The third-order valence-electron chi connectivity index (χ3n) is 2.63. The molecule has 2 rings (SSSR count). The second-order valence-electron chi connectivity index (χ2n) is 4.21. The lowest BCUT2D eigenvalue weighted by atomic mass is 10.1. The highest BCUT2D eigenvalue weighted by Gasteiger charge is 2.14. The largest absolute Gasteiger partial charge is 0.505 e. The molecule has 2 aromatic rings. The van der Waals surface area contributed by atoms with Crippen molar-refractivity contribution in [3.8, 4) is 5.75 Å². The molecule has 0 aliphatic heterocycles. The standard InChI is InChI=1S/C14H13ClN2O2/c1-8-6-11(13(18)12(16)7-8)14(19)17-10-4-2-9(15)3-5-10/h2-7,18H,16H2,1H3,(H,17,19). The number of carbonyl (C=O) groups is 1. The zero-order valence-corrected chi connectivity index (χ0v) is 11.0.